The molecule has 2 aromatic rings. The molecule has 1 N–H and O–H groups in total. The first-order chi connectivity index (χ1) is 9.95. The Kier molecular flexibility index (Phi) is 4.59. The van der Waals surface area contributed by atoms with Gasteiger partial charge in [-0.25, -0.2) is 4.79 Å². The first-order valence-electron chi connectivity index (χ1n) is 6.16. The number of esters is 1. The number of aryl methyl sites for hydroxylation is 1. The smallest absolute Gasteiger partial charge is 0.377 e. The van der Waals surface area contributed by atoms with Gasteiger partial charge in [0.1, 0.15) is 0 Å². The lowest BCUT2D eigenvalue weighted by Gasteiger charge is -2.12. The summed E-state index contributed by atoms with van der Waals surface area (Å²) in [6, 6.07) is 8.09. The van der Waals surface area contributed by atoms with Crippen molar-refractivity contribution in [3.63, 3.8) is 0 Å². The molecule has 0 radical (unpaired) electrons. The zero-order valence-electron chi connectivity index (χ0n) is 11.4. The van der Waals surface area contributed by atoms with E-state index >= 15 is 0 Å². The summed E-state index contributed by atoms with van der Waals surface area (Å²) in [6.45, 7) is 3.14. The molecule has 0 saturated heterocycles. The number of benzene rings is 1. The van der Waals surface area contributed by atoms with Gasteiger partial charge in [0.15, 0.2) is 6.10 Å². The van der Waals surface area contributed by atoms with E-state index in [0.29, 0.717) is 16.4 Å². The number of amides is 1. The Morgan fingerprint density at radius 1 is 1.38 bits per heavy atom. The minimum atomic E-state index is -0.984. The Morgan fingerprint density at radius 3 is 2.76 bits per heavy atom. The zero-order chi connectivity index (χ0) is 15.4. The molecule has 7 heteroatoms. The Labute approximate surface area is 126 Å². The molecule has 1 atom stereocenters. The number of hydrogen-bond donors (Lipinski definition) is 1. The van der Waals surface area contributed by atoms with Crippen LogP contribution in [-0.2, 0) is 9.53 Å². The highest BCUT2D eigenvalue weighted by molar-refractivity contribution is 6.30. The lowest BCUT2D eigenvalue weighted by atomic mass is 10.3. The highest BCUT2D eigenvalue weighted by atomic mass is 35.5. The Morgan fingerprint density at radius 2 is 2.14 bits per heavy atom. The second kappa shape index (κ2) is 6.41. The first-order valence-corrected chi connectivity index (χ1v) is 6.54. The number of halogens is 1. The maximum absolute atomic E-state index is 11.9. The number of nitrogens with one attached hydrogen (secondary N) is 1. The number of aromatic nitrogens is 1. The molecule has 2 rings (SSSR count). The Hall–Kier alpha value is -2.34. The van der Waals surface area contributed by atoms with Gasteiger partial charge in [-0.15, -0.1) is 0 Å². The predicted octanol–water partition coefficient (Wildman–Crippen LogP) is 2.82. The normalized spacial score (nSPS) is 11.8. The van der Waals surface area contributed by atoms with Crippen molar-refractivity contribution in [3.05, 3.63) is 46.8 Å². The van der Waals surface area contributed by atoms with Crippen molar-refractivity contribution in [2.45, 2.75) is 20.0 Å². The molecule has 0 unspecified atom stereocenters. The summed E-state index contributed by atoms with van der Waals surface area (Å²) in [6.07, 6.45) is -0.984. The molecule has 0 saturated carbocycles. The highest BCUT2D eigenvalue weighted by Gasteiger charge is 2.21. The van der Waals surface area contributed by atoms with Crippen LogP contribution in [-0.4, -0.2) is 23.1 Å². The van der Waals surface area contributed by atoms with Crippen molar-refractivity contribution in [2.75, 3.05) is 5.32 Å². The van der Waals surface area contributed by atoms with E-state index in [-0.39, 0.29) is 5.76 Å². The van der Waals surface area contributed by atoms with Crippen LogP contribution in [0.3, 0.4) is 0 Å². The van der Waals surface area contributed by atoms with E-state index in [2.05, 4.69) is 10.5 Å². The molecule has 0 aliphatic rings. The van der Waals surface area contributed by atoms with Gasteiger partial charge in [0, 0.05) is 16.8 Å². The van der Waals surface area contributed by atoms with Gasteiger partial charge in [-0.3, -0.25) is 4.79 Å². The Balaban J connectivity index is 1.95. The zero-order valence-corrected chi connectivity index (χ0v) is 12.2. The molecule has 1 aromatic heterocycles. The number of carbonyl (C=O) groups is 2. The monoisotopic (exact) mass is 308 g/mol. The largest absolute Gasteiger partial charge is 0.447 e. The number of ether oxygens (including phenoxy) is 1. The lowest BCUT2D eigenvalue weighted by Crippen LogP contribution is -2.29. The third-order valence-corrected chi connectivity index (χ3v) is 2.81. The van der Waals surface area contributed by atoms with Crippen molar-refractivity contribution >= 4 is 29.2 Å². The Bertz CT molecular complexity index is 668. The van der Waals surface area contributed by atoms with Crippen molar-refractivity contribution in [1.82, 2.24) is 5.16 Å². The van der Waals surface area contributed by atoms with Crippen LogP contribution in [0.5, 0.6) is 0 Å². The van der Waals surface area contributed by atoms with Crippen LogP contribution in [0.2, 0.25) is 5.02 Å². The lowest BCUT2D eigenvalue weighted by molar-refractivity contribution is -0.123. The third kappa shape index (κ3) is 4.06. The number of rotatable bonds is 4. The molecule has 0 spiro atoms. The molecule has 0 aliphatic heterocycles. The summed E-state index contributed by atoms with van der Waals surface area (Å²) in [5.41, 5.74) is 1.07. The molecule has 110 valence electrons. The van der Waals surface area contributed by atoms with Gasteiger partial charge < -0.3 is 14.6 Å². The molecule has 1 heterocycles. The highest BCUT2D eigenvalue weighted by Crippen LogP contribution is 2.15. The maximum Gasteiger partial charge on any atom is 0.377 e. The van der Waals surface area contributed by atoms with Crippen molar-refractivity contribution in [1.29, 1.82) is 0 Å². The van der Waals surface area contributed by atoms with Gasteiger partial charge in [0.05, 0.1) is 5.69 Å². The summed E-state index contributed by atoms with van der Waals surface area (Å²) in [7, 11) is 0. The summed E-state index contributed by atoms with van der Waals surface area (Å²) < 4.78 is 9.76. The van der Waals surface area contributed by atoms with Gasteiger partial charge in [0.25, 0.3) is 5.91 Å². The second-order valence-electron chi connectivity index (χ2n) is 4.38. The molecule has 0 aliphatic carbocycles. The van der Waals surface area contributed by atoms with E-state index in [4.69, 9.17) is 20.9 Å². The summed E-state index contributed by atoms with van der Waals surface area (Å²) in [4.78, 5) is 23.6. The van der Waals surface area contributed by atoms with Gasteiger partial charge >= 0.3 is 5.97 Å². The van der Waals surface area contributed by atoms with Crippen LogP contribution in [0.15, 0.2) is 34.9 Å². The molecule has 1 amide bonds. The minimum absolute atomic E-state index is 0.0464. The van der Waals surface area contributed by atoms with Crippen LogP contribution in [0.4, 0.5) is 5.69 Å². The van der Waals surface area contributed by atoms with Gasteiger partial charge in [0.2, 0.25) is 5.76 Å². The second-order valence-corrected chi connectivity index (χ2v) is 4.82. The summed E-state index contributed by atoms with van der Waals surface area (Å²) >= 11 is 5.82. The van der Waals surface area contributed by atoms with Crippen LogP contribution in [0.25, 0.3) is 0 Å². The third-order valence-electron chi connectivity index (χ3n) is 2.57. The SMILES string of the molecule is Cc1cc(C(=O)O[C@@H](C)C(=O)Nc2cccc(Cl)c2)on1. The molecular weight excluding hydrogens is 296 g/mol. The maximum atomic E-state index is 11.9. The molecule has 0 fully saturated rings. The standard InChI is InChI=1S/C14H13ClN2O4/c1-8-6-12(21-17-8)14(19)20-9(2)13(18)16-11-5-3-4-10(15)7-11/h3-7,9H,1-2H3,(H,16,18)/t9-/m0/s1. The van der Waals surface area contributed by atoms with E-state index in [9.17, 15) is 9.59 Å². The summed E-state index contributed by atoms with van der Waals surface area (Å²) in [5, 5.41) is 6.67. The van der Waals surface area contributed by atoms with Crippen LogP contribution < -0.4 is 5.32 Å². The fourth-order valence-electron chi connectivity index (χ4n) is 1.54. The fraction of sp³-hybridized carbons (Fsp3) is 0.214. The molecule has 6 nitrogen and oxygen atoms in total. The average Bonchev–Trinajstić information content (AvgIpc) is 2.85. The number of hydrogen-bond acceptors (Lipinski definition) is 5. The van der Waals surface area contributed by atoms with E-state index in [1.807, 2.05) is 0 Å². The number of nitrogens with zero attached hydrogens (tertiary/aromatic N) is 1. The van der Waals surface area contributed by atoms with E-state index in [0.717, 1.165) is 0 Å². The fourth-order valence-corrected chi connectivity index (χ4v) is 1.73. The number of carbonyl (C=O) groups excluding carboxylic acids is 2. The van der Waals surface area contributed by atoms with E-state index in [1.54, 1.807) is 31.2 Å². The quantitative estimate of drug-likeness (QED) is 0.878. The van der Waals surface area contributed by atoms with Gasteiger partial charge in [-0.05, 0) is 32.0 Å². The molecule has 21 heavy (non-hydrogen) atoms. The first kappa shape index (κ1) is 15.1. The molecule has 1 aromatic carbocycles. The minimum Gasteiger partial charge on any atom is -0.447 e. The van der Waals surface area contributed by atoms with Crippen molar-refractivity contribution < 1.29 is 18.8 Å². The predicted molar refractivity (Wildman–Crippen MR) is 76.2 cm³/mol. The summed E-state index contributed by atoms with van der Waals surface area (Å²) in [5.74, 6) is -1.26. The number of anilines is 1. The van der Waals surface area contributed by atoms with E-state index in [1.165, 1.54) is 13.0 Å². The van der Waals surface area contributed by atoms with Crippen molar-refractivity contribution in [3.8, 4) is 0 Å². The van der Waals surface area contributed by atoms with Crippen LogP contribution in [0.1, 0.15) is 23.2 Å². The van der Waals surface area contributed by atoms with Gasteiger partial charge in [-0.2, -0.15) is 0 Å². The van der Waals surface area contributed by atoms with Crippen LogP contribution >= 0.6 is 11.6 Å². The average molecular weight is 309 g/mol. The van der Waals surface area contributed by atoms with Crippen LogP contribution in [0, 0.1) is 6.92 Å². The van der Waals surface area contributed by atoms with Gasteiger partial charge in [-0.1, -0.05) is 22.8 Å². The van der Waals surface area contributed by atoms with E-state index < -0.39 is 18.0 Å². The topological polar surface area (TPSA) is 81.4 Å². The van der Waals surface area contributed by atoms with Crippen molar-refractivity contribution in [2.24, 2.45) is 0 Å². The molecule has 0 bridgehead atoms. The molecular formula is C14H13ClN2O4.